The Balaban J connectivity index is 1.72. The van der Waals surface area contributed by atoms with E-state index in [0.717, 1.165) is 37.4 Å². The van der Waals surface area contributed by atoms with Crippen LogP contribution in [-0.2, 0) is 25.9 Å². The topological polar surface area (TPSA) is 34.0 Å². The van der Waals surface area contributed by atoms with E-state index in [9.17, 15) is 0 Å². The van der Waals surface area contributed by atoms with Crippen molar-refractivity contribution < 1.29 is 0 Å². The number of aromatic nitrogens is 3. The number of aryl methyl sites for hydroxylation is 2. The third kappa shape index (κ3) is 4.30. The highest BCUT2D eigenvalue weighted by Crippen LogP contribution is 2.13. The van der Waals surface area contributed by atoms with Gasteiger partial charge in [-0.15, -0.1) is 22.9 Å². The number of hydrogen-bond donors (Lipinski definition) is 0. The van der Waals surface area contributed by atoms with Crippen molar-refractivity contribution in [2.24, 2.45) is 7.05 Å². The number of nitrogens with zero attached hydrogens (tertiary/aromatic N) is 4. The number of hydrogen-bond acceptors (Lipinski definition) is 4. The third-order valence-corrected chi connectivity index (χ3v) is 4.23. The lowest BCUT2D eigenvalue weighted by Gasteiger charge is -2.15. The zero-order chi connectivity index (χ0) is 13.7. The van der Waals surface area contributed by atoms with E-state index >= 15 is 0 Å². The van der Waals surface area contributed by atoms with Gasteiger partial charge in [0.1, 0.15) is 5.82 Å². The van der Waals surface area contributed by atoms with E-state index in [0.29, 0.717) is 5.88 Å². The molecule has 0 aliphatic heterocycles. The van der Waals surface area contributed by atoms with Crippen LogP contribution in [0.2, 0.25) is 0 Å². The molecule has 0 spiro atoms. The van der Waals surface area contributed by atoms with Gasteiger partial charge in [0.25, 0.3) is 0 Å². The highest BCUT2D eigenvalue weighted by atomic mass is 35.5. The lowest BCUT2D eigenvalue weighted by Crippen LogP contribution is -2.21. The van der Waals surface area contributed by atoms with Crippen LogP contribution in [0.4, 0.5) is 0 Å². The molecule has 0 amide bonds. The van der Waals surface area contributed by atoms with Gasteiger partial charge >= 0.3 is 0 Å². The Morgan fingerprint density at radius 3 is 2.95 bits per heavy atom. The van der Waals surface area contributed by atoms with Gasteiger partial charge in [0.05, 0.1) is 23.1 Å². The Kier molecular flexibility index (Phi) is 5.36. The van der Waals surface area contributed by atoms with Crippen molar-refractivity contribution in [3.05, 3.63) is 34.3 Å². The van der Waals surface area contributed by atoms with Crippen molar-refractivity contribution >= 4 is 22.9 Å². The minimum absolute atomic E-state index is 0.509. The van der Waals surface area contributed by atoms with Crippen molar-refractivity contribution in [3.63, 3.8) is 0 Å². The molecule has 0 fully saturated rings. The highest BCUT2D eigenvalue weighted by molar-refractivity contribution is 7.09. The van der Waals surface area contributed by atoms with E-state index in [2.05, 4.69) is 26.5 Å². The van der Waals surface area contributed by atoms with Gasteiger partial charge < -0.3 is 4.57 Å². The van der Waals surface area contributed by atoms with Crippen molar-refractivity contribution in [1.29, 1.82) is 0 Å². The molecule has 2 aromatic rings. The molecule has 0 saturated carbocycles. The van der Waals surface area contributed by atoms with Crippen LogP contribution in [0.15, 0.2) is 17.8 Å². The molecule has 0 unspecified atom stereocenters. The molecule has 4 nitrogen and oxygen atoms in total. The Morgan fingerprint density at radius 1 is 1.47 bits per heavy atom. The van der Waals surface area contributed by atoms with Crippen LogP contribution in [0.5, 0.6) is 0 Å². The Labute approximate surface area is 123 Å². The van der Waals surface area contributed by atoms with Crippen LogP contribution < -0.4 is 0 Å². The van der Waals surface area contributed by atoms with Gasteiger partial charge in [-0.2, -0.15) is 0 Å². The predicted molar refractivity (Wildman–Crippen MR) is 79.5 cm³/mol. The summed E-state index contributed by atoms with van der Waals surface area (Å²) in [4.78, 5) is 11.1. The van der Waals surface area contributed by atoms with Crippen LogP contribution in [0, 0.1) is 0 Å². The molecule has 104 valence electrons. The van der Waals surface area contributed by atoms with Gasteiger partial charge in [-0.25, -0.2) is 9.97 Å². The maximum atomic E-state index is 5.75. The van der Waals surface area contributed by atoms with E-state index in [1.54, 1.807) is 11.3 Å². The summed E-state index contributed by atoms with van der Waals surface area (Å²) < 4.78 is 2.06. The highest BCUT2D eigenvalue weighted by Gasteiger charge is 2.06. The standard InChI is InChI=1S/C13H19ClN4S/c1-17(9-12-15-5-7-18(12)2)6-3-4-13-16-11(8-14)10-19-13/h5,7,10H,3-4,6,8-9H2,1-2H3. The fourth-order valence-electron chi connectivity index (χ4n) is 1.89. The minimum atomic E-state index is 0.509. The molecule has 0 aromatic carbocycles. The molecule has 0 aliphatic carbocycles. The number of alkyl halides is 1. The van der Waals surface area contributed by atoms with Gasteiger partial charge in [0, 0.05) is 31.2 Å². The van der Waals surface area contributed by atoms with Gasteiger partial charge in [-0.3, -0.25) is 4.90 Å². The molecule has 0 radical (unpaired) electrons. The lowest BCUT2D eigenvalue weighted by molar-refractivity contribution is 0.310. The zero-order valence-electron chi connectivity index (χ0n) is 11.3. The summed E-state index contributed by atoms with van der Waals surface area (Å²) in [5, 5.41) is 3.22. The molecule has 2 rings (SSSR count). The second-order valence-electron chi connectivity index (χ2n) is 4.66. The largest absolute Gasteiger partial charge is 0.337 e. The monoisotopic (exact) mass is 298 g/mol. The van der Waals surface area contributed by atoms with Gasteiger partial charge in [0.2, 0.25) is 0 Å². The average Bonchev–Trinajstić information content (AvgIpc) is 2.99. The lowest BCUT2D eigenvalue weighted by atomic mass is 10.3. The number of rotatable bonds is 7. The number of thiazole rings is 1. The Hall–Kier alpha value is -0.910. The summed E-state index contributed by atoms with van der Waals surface area (Å²) in [6.07, 6.45) is 5.95. The molecule has 6 heteroatoms. The van der Waals surface area contributed by atoms with Gasteiger partial charge in [-0.1, -0.05) is 0 Å². The van der Waals surface area contributed by atoms with E-state index in [1.807, 2.05) is 24.8 Å². The molecule has 19 heavy (non-hydrogen) atoms. The Morgan fingerprint density at radius 2 is 2.32 bits per heavy atom. The first-order chi connectivity index (χ1) is 9.19. The molecule has 0 aliphatic rings. The normalized spacial score (nSPS) is 11.4. The fourth-order valence-corrected chi connectivity index (χ4v) is 2.96. The SMILES string of the molecule is CN(CCCc1nc(CCl)cs1)Cc1nccn1C. The average molecular weight is 299 g/mol. The molecule has 0 bridgehead atoms. The van der Waals surface area contributed by atoms with Crippen LogP contribution in [0.1, 0.15) is 22.9 Å². The summed E-state index contributed by atoms with van der Waals surface area (Å²) in [6.45, 7) is 1.93. The molecular formula is C13H19ClN4S. The van der Waals surface area contributed by atoms with Crippen LogP contribution >= 0.6 is 22.9 Å². The number of halogens is 1. The summed E-state index contributed by atoms with van der Waals surface area (Å²) in [7, 11) is 4.15. The van der Waals surface area contributed by atoms with Gasteiger partial charge in [0.15, 0.2) is 0 Å². The zero-order valence-corrected chi connectivity index (χ0v) is 12.9. The second-order valence-corrected chi connectivity index (χ2v) is 5.87. The van der Waals surface area contributed by atoms with E-state index in [1.165, 1.54) is 5.01 Å². The Bertz CT molecular complexity index is 508. The smallest absolute Gasteiger partial charge is 0.122 e. The second kappa shape index (κ2) is 7.03. The minimum Gasteiger partial charge on any atom is -0.337 e. The quantitative estimate of drug-likeness (QED) is 0.737. The molecule has 0 atom stereocenters. The molecule has 0 N–H and O–H groups in total. The van der Waals surface area contributed by atoms with Crippen molar-refractivity contribution in [2.75, 3.05) is 13.6 Å². The van der Waals surface area contributed by atoms with Crippen molar-refractivity contribution in [2.45, 2.75) is 25.3 Å². The van der Waals surface area contributed by atoms with Crippen LogP contribution in [-0.4, -0.2) is 33.0 Å². The summed E-state index contributed by atoms with van der Waals surface area (Å²) in [5.41, 5.74) is 0.989. The molecule has 2 heterocycles. The maximum Gasteiger partial charge on any atom is 0.122 e. The van der Waals surface area contributed by atoms with Crippen LogP contribution in [0.25, 0.3) is 0 Å². The van der Waals surface area contributed by atoms with Crippen molar-refractivity contribution in [3.8, 4) is 0 Å². The maximum absolute atomic E-state index is 5.75. The summed E-state index contributed by atoms with van der Waals surface area (Å²) >= 11 is 7.45. The van der Waals surface area contributed by atoms with E-state index in [-0.39, 0.29) is 0 Å². The summed E-state index contributed by atoms with van der Waals surface area (Å²) in [6, 6.07) is 0. The molecule has 0 saturated heterocycles. The van der Waals surface area contributed by atoms with E-state index in [4.69, 9.17) is 11.6 Å². The predicted octanol–water partition coefficient (Wildman–Crippen LogP) is 2.68. The van der Waals surface area contributed by atoms with Crippen molar-refractivity contribution in [1.82, 2.24) is 19.4 Å². The molecular weight excluding hydrogens is 280 g/mol. The first kappa shape index (κ1) is 14.5. The number of imidazole rings is 1. The fraction of sp³-hybridized carbons (Fsp3) is 0.538. The van der Waals surface area contributed by atoms with Crippen LogP contribution in [0.3, 0.4) is 0 Å². The first-order valence-electron chi connectivity index (χ1n) is 6.33. The third-order valence-electron chi connectivity index (χ3n) is 3.00. The molecule has 2 aromatic heterocycles. The van der Waals surface area contributed by atoms with E-state index < -0.39 is 0 Å². The van der Waals surface area contributed by atoms with Gasteiger partial charge in [-0.05, 0) is 20.0 Å². The summed E-state index contributed by atoms with van der Waals surface area (Å²) in [5.74, 6) is 1.61. The first-order valence-corrected chi connectivity index (χ1v) is 7.74.